The molecule has 4 heteroatoms. The summed E-state index contributed by atoms with van der Waals surface area (Å²) < 4.78 is 0. The summed E-state index contributed by atoms with van der Waals surface area (Å²) in [5, 5.41) is 2.75. The summed E-state index contributed by atoms with van der Waals surface area (Å²) in [4.78, 5) is 7.68. The van der Waals surface area contributed by atoms with Gasteiger partial charge in [-0.15, -0.1) is 11.3 Å². The summed E-state index contributed by atoms with van der Waals surface area (Å²) in [5.41, 5.74) is 0. The Morgan fingerprint density at radius 1 is 1.40 bits per heavy atom. The zero-order chi connectivity index (χ0) is 10.7. The summed E-state index contributed by atoms with van der Waals surface area (Å²) in [6.07, 6.45) is 1.67. The number of rotatable bonds is 3. The molecule has 0 aliphatic carbocycles. The maximum absolute atomic E-state index is 5.78. The normalized spacial score (nSPS) is 10.3. The third kappa shape index (κ3) is 2.70. The standard InChI is InChI=1S/C11H11ClN2S/c1-14(8-10-3-2-6-15-10)11-5-4-9(12)7-13-11/h2-7H,8H2,1H3. The van der Waals surface area contributed by atoms with Gasteiger partial charge >= 0.3 is 0 Å². The van der Waals surface area contributed by atoms with E-state index < -0.39 is 0 Å². The Labute approximate surface area is 98.1 Å². The summed E-state index contributed by atoms with van der Waals surface area (Å²) in [7, 11) is 2.02. The van der Waals surface area contributed by atoms with Gasteiger partial charge in [-0.3, -0.25) is 0 Å². The van der Waals surface area contributed by atoms with Crippen LogP contribution >= 0.6 is 22.9 Å². The van der Waals surface area contributed by atoms with Gasteiger partial charge in [-0.2, -0.15) is 0 Å². The van der Waals surface area contributed by atoms with Crippen LogP contribution in [0, 0.1) is 0 Å². The quantitative estimate of drug-likeness (QED) is 0.815. The first-order valence-corrected chi connectivity index (χ1v) is 5.86. The maximum atomic E-state index is 5.78. The zero-order valence-electron chi connectivity index (χ0n) is 8.35. The van der Waals surface area contributed by atoms with Crippen LogP contribution < -0.4 is 4.90 Å². The first-order valence-electron chi connectivity index (χ1n) is 4.61. The van der Waals surface area contributed by atoms with E-state index in [0.29, 0.717) is 5.02 Å². The molecule has 0 spiro atoms. The minimum absolute atomic E-state index is 0.670. The van der Waals surface area contributed by atoms with Crippen LogP contribution in [0.2, 0.25) is 5.02 Å². The fourth-order valence-electron chi connectivity index (χ4n) is 1.31. The number of anilines is 1. The van der Waals surface area contributed by atoms with Gasteiger partial charge in [0.1, 0.15) is 5.82 Å². The fourth-order valence-corrected chi connectivity index (χ4v) is 2.18. The van der Waals surface area contributed by atoms with Crippen LogP contribution in [0.3, 0.4) is 0 Å². The van der Waals surface area contributed by atoms with Gasteiger partial charge in [-0.05, 0) is 23.6 Å². The zero-order valence-corrected chi connectivity index (χ0v) is 9.92. The molecule has 15 heavy (non-hydrogen) atoms. The largest absolute Gasteiger partial charge is 0.355 e. The van der Waals surface area contributed by atoms with Crippen LogP contribution in [0.1, 0.15) is 4.88 Å². The average molecular weight is 239 g/mol. The van der Waals surface area contributed by atoms with Gasteiger partial charge in [-0.1, -0.05) is 17.7 Å². The van der Waals surface area contributed by atoms with Crippen LogP contribution in [-0.2, 0) is 6.54 Å². The molecular weight excluding hydrogens is 228 g/mol. The number of hydrogen-bond acceptors (Lipinski definition) is 3. The molecule has 2 nitrogen and oxygen atoms in total. The number of nitrogens with zero attached hydrogens (tertiary/aromatic N) is 2. The average Bonchev–Trinajstić information content (AvgIpc) is 2.71. The van der Waals surface area contributed by atoms with Crippen molar-refractivity contribution in [3.8, 4) is 0 Å². The van der Waals surface area contributed by atoms with E-state index in [0.717, 1.165) is 12.4 Å². The van der Waals surface area contributed by atoms with Gasteiger partial charge in [0, 0.05) is 18.1 Å². The van der Waals surface area contributed by atoms with Crippen molar-refractivity contribution >= 4 is 28.8 Å². The minimum atomic E-state index is 0.670. The molecule has 2 rings (SSSR count). The van der Waals surface area contributed by atoms with Gasteiger partial charge < -0.3 is 4.90 Å². The third-order valence-electron chi connectivity index (χ3n) is 2.08. The van der Waals surface area contributed by atoms with E-state index in [1.165, 1.54) is 4.88 Å². The predicted octanol–water partition coefficient (Wildman–Crippen LogP) is 3.43. The van der Waals surface area contributed by atoms with E-state index >= 15 is 0 Å². The highest BCUT2D eigenvalue weighted by Crippen LogP contribution is 2.17. The van der Waals surface area contributed by atoms with E-state index in [2.05, 4.69) is 27.4 Å². The summed E-state index contributed by atoms with van der Waals surface area (Å²) in [5.74, 6) is 0.938. The number of thiophene rings is 1. The highest BCUT2D eigenvalue weighted by atomic mass is 35.5. The molecule has 0 radical (unpaired) electrons. The second-order valence-corrected chi connectivity index (χ2v) is 4.74. The lowest BCUT2D eigenvalue weighted by Gasteiger charge is -2.16. The van der Waals surface area contributed by atoms with Crippen LogP contribution in [0.15, 0.2) is 35.8 Å². The molecule has 0 saturated heterocycles. The number of hydrogen-bond donors (Lipinski definition) is 0. The van der Waals surface area contributed by atoms with Crippen LogP contribution in [0.25, 0.3) is 0 Å². The van der Waals surface area contributed by atoms with Crippen molar-refractivity contribution in [2.45, 2.75) is 6.54 Å². The molecule has 78 valence electrons. The monoisotopic (exact) mass is 238 g/mol. The van der Waals surface area contributed by atoms with Crippen molar-refractivity contribution in [2.75, 3.05) is 11.9 Å². The van der Waals surface area contributed by atoms with Crippen molar-refractivity contribution in [1.82, 2.24) is 4.98 Å². The molecule has 2 heterocycles. The topological polar surface area (TPSA) is 16.1 Å². The first-order chi connectivity index (χ1) is 7.25. The molecule has 2 aromatic heterocycles. The Kier molecular flexibility index (Phi) is 3.23. The lowest BCUT2D eigenvalue weighted by Crippen LogP contribution is -2.16. The lowest BCUT2D eigenvalue weighted by atomic mass is 10.4. The van der Waals surface area contributed by atoms with Crippen molar-refractivity contribution in [3.63, 3.8) is 0 Å². The van der Waals surface area contributed by atoms with Crippen LogP contribution in [-0.4, -0.2) is 12.0 Å². The minimum Gasteiger partial charge on any atom is -0.355 e. The van der Waals surface area contributed by atoms with E-state index in [1.54, 1.807) is 17.5 Å². The molecule has 0 bridgehead atoms. The molecule has 0 atom stereocenters. The number of pyridine rings is 1. The fraction of sp³-hybridized carbons (Fsp3) is 0.182. The van der Waals surface area contributed by atoms with Crippen molar-refractivity contribution in [3.05, 3.63) is 45.7 Å². The molecule has 0 aliphatic rings. The predicted molar refractivity (Wildman–Crippen MR) is 65.7 cm³/mol. The molecule has 0 N–H and O–H groups in total. The second-order valence-electron chi connectivity index (χ2n) is 3.27. The molecule has 0 saturated carbocycles. The second kappa shape index (κ2) is 4.64. The van der Waals surface area contributed by atoms with Gasteiger partial charge in [0.2, 0.25) is 0 Å². The SMILES string of the molecule is CN(Cc1cccs1)c1ccc(Cl)cn1. The van der Waals surface area contributed by atoms with Crippen molar-refractivity contribution in [2.24, 2.45) is 0 Å². The molecule has 0 fully saturated rings. The van der Waals surface area contributed by atoms with Crippen molar-refractivity contribution < 1.29 is 0 Å². The molecular formula is C11H11ClN2S. The Balaban J connectivity index is 2.08. The van der Waals surface area contributed by atoms with E-state index in [9.17, 15) is 0 Å². The summed E-state index contributed by atoms with van der Waals surface area (Å²) >= 11 is 7.53. The van der Waals surface area contributed by atoms with Gasteiger partial charge in [0.15, 0.2) is 0 Å². The van der Waals surface area contributed by atoms with Gasteiger partial charge in [0.25, 0.3) is 0 Å². The molecule has 0 aromatic carbocycles. The van der Waals surface area contributed by atoms with E-state index in [1.807, 2.05) is 19.2 Å². The number of halogens is 1. The summed E-state index contributed by atoms with van der Waals surface area (Å²) in [6.45, 7) is 0.881. The summed E-state index contributed by atoms with van der Waals surface area (Å²) in [6, 6.07) is 7.96. The molecule has 0 amide bonds. The number of aromatic nitrogens is 1. The molecule has 2 aromatic rings. The highest BCUT2D eigenvalue weighted by molar-refractivity contribution is 7.09. The Hall–Kier alpha value is -1.06. The van der Waals surface area contributed by atoms with Gasteiger partial charge in [-0.25, -0.2) is 4.98 Å². The van der Waals surface area contributed by atoms with Gasteiger partial charge in [0.05, 0.1) is 11.6 Å². The Bertz CT molecular complexity index is 411. The maximum Gasteiger partial charge on any atom is 0.128 e. The smallest absolute Gasteiger partial charge is 0.128 e. The molecule has 0 aliphatic heterocycles. The van der Waals surface area contributed by atoms with Crippen LogP contribution in [0.5, 0.6) is 0 Å². The molecule has 0 unspecified atom stereocenters. The lowest BCUT2D eigenvalue weighted by molar-refractivity contribution is 0.913. The van der Waals surface area contributed by atoms with E-state index in [-0.39, 0.29) is 0 Å². The van der Waals surface area contributed by atoms with Crippen molar-refractivity contribution in [1.29, 1.82) is 0 Å². The van der Waals surface area contributed by atoms with E-state index in [4.69, 9.17) is 11.6 Å². The first kappa shape index (κ1) is 10.5. The Morgan fingerprint density at radius 3 is 2.87 bits per heavy atom. The third-order valence-corrected chi connectivity index (χ3v) is 3.16. The van der Waals surface area contributed by atoms with Crippen LogP contribution in [0.4, 0.5) is 5.82 Å². The Morgan fingerprint density at radius 2 is 2.27 bits per heavy atom. The highest BCUT2D eigenvalue weighted by Gasteiger charge is 2.03.